The van der Waals surface area contributed by atoms with Crippen molar-refractivity contribution in [3.63, 3.8) is 0 Å². The molecule has 1 atom stereocenters. The Morgan fingerprint density at radius 1 is 1.00 bits per heavy atom. The van der Waals surface area contributed by atoms with E-state index in [4.69, 9.17) is 9.47 Å². The quantitative estimate of drug-likeness (QED) is 0.424. The molecule has 33 heavy (non-hydrogen) atoms. The van der Waals surface area contributed by atoms with Gasteiger partial charge < -0.3 is 14.8 Å². The number of nitrogens with one attached hydrogen (secondary N) is 1. The summed E-state index contributed by atoms with van der Waals surface area (Å²) in [4.78, 5) is 16.6. The zero-order chi connectivity index (χ0) is 22.5. The number of para-hydroxylation sites is 3. The number of hydrogen-bond acceptors (Lipinski definition) is 7. The van der Waals surface area contributed by atoms with Crippen LogP contribution in [0.25, 0.3) is 17.1 Å². The number of carbonyl (C=O) groups is 1. The van der Waals surface area contributed by atoms with E-state index in [1.165, 1.54) is 11.8 Å². The molecule has 8 nitrogen and oxygen atoms in total. The topological polar surface area (TPSA) is 91.2 Å². The lowest BCUT2D eigenvalue weighted by Gasteiger charge is -2.26. The van der Waals surface area contributed by atoms with Gasteiger partial charge in [0.2, 0.25) is 5.91 Å². The fraction of sp³-hybridized carbons (Fsp3) is 0.167. The molecule has 4 aromatic rings. The zero-order valence-corrected chi connectivity index (χ0v) is 18.4. The number of pyridine rings is 1. The van der Waals surface area contributed by atoms with Crippen molar-refractivity contribution >= 4 is 17.7 Å². The van der Waals surface area contributed by atoms with Crippen LogP contribution in [0.5, 0.6) is 11.5 Å². The summed E-state index contributed by atoms with van der Waals surface area (Å²) in [6.45, 7) is 0.753. The molecule has 1 amide bonds. The first-order valence-corrected chi connectivity index (χ1v) is 11.5. The summed E-state index contributed by atoms with van der Waals surface area (Å²) in [5.74, 6) is 2.19. The van der Waals surface area contributed by atoms with Crippen molar-refractivity contribution in [1.29, 1.82) is 0 Å². The molecule has 0 spiro atoms. The molecule has 1 aliphatic rings. The van der Waals surface area contributed by atoms with E-state index in [-0.39, 0.29) is 17.8 Å². The maximum Gasteiger partial charge on any atom is 0.230 e. The second-order valence-electron chi connectivity index (χ2n) is 7.30. The number of fused-ring (bicyclic) bond motifs is 1. The number of carbonyl (C=O) groups excluding carboxylic acids is 1. The maximum atomic E-state index is 12.5. The summed E-state index contributed by atoms with van der Waals surface area (Å²) in [6, 6.07) is 21.1. The Balaban J connectivity index is 1.24. The van der Waals surface area contributed by atoms with Crippen LogP contribution in [-0.4, -0.2) is 50.7 Å². The molecular weight excluding hydrogens is 438 g/mol. The lowest BCUT2D eigenvalue weighted by molar-refractivity contribution is -0.119. The average Bonchev–Trinajstić information content (AvgIpc) is 3.31. The number of amides is 1. The smallest absolute Gasteiger partial charge is 0.230 e. The molecule has 1 unspecified atom stereocenters. The van der Waals surface area contributed by atoms with Gasteiger partial charge in [-0.3, -0.25) is 14.3 Å². The van der Waals surface area contributed by atoms with Crippen molar-refractivity contribution < 1.29 is 14.3 Å². The summed E-state index contributed by atoms with van der Waals surface area (Å²) in [5.41, 5.74) is 1.82. The third kappa shape index (κ3) is 4.83. The van der Waals surface area contributed by atoms with Gasteiger partial charge in [-0.05, 0) is 36.4 Å². The van der Waals surface area contributed by atoms with Crippen molar-refractivity contribution in [1.82, 2.24) is 25.1 Å². The summed E-state index contributed by atoms with van der Waals surface area (Å²) in [6.07, 6.45) is 3.20. The molecule has 0 radical (unpaired) electrons. The van der Waals surface area contributed by atoms with Crippen LogP contribution in [-0.2, 0) is 4.79 Å². The van der Waals surface area contributed by atoms with E-state index in [0.29, 0.717) is 29.9 Å². The lowest BCUT2D eigenvalue weighted by Crippen LogP contribution is -2.41. The van der Waals surface area contributed by atoms with Gasteiger partial charge in [0, 0.05) is 23.6 Å². The molecule has 1 aliphatic heterocycles. The van der Waals surface area contributed by atoms with Crippen LogP contribution >= 0.6 is 11.8 Å². The first-order chi connectivity index (χ1) is 16.3. The lowest BCUT2D eigenvalue weighted by atomic mass is 10.2. The second-order valence-corrected chi connectivity index (χ2v) is 8.25. The number of ether oxygens (including phenoxy) is 2. The maximum absolute atomic E-state index is 12.5. The number of aromatic nitrogens is 4. The van der Waals surface area contributed by atoms with Crippen LogP contribution in [0.4, 0.5) is 0 Å². The molecular formula is C24H21N5O3S. The predicted octanol–water partition coefficient (Wildman–Crippen LogP) is 3.38. The SMILES string of the molecule is O=C(CSc1nnc(-c2ccncc2)n1-c1ccccc1)NCC1COc2ccccc2O1. The molecule has 5 rings (SSSR count). The molecule has 0 saturated heterocycles. The van der Waals surface area contributed by atoms with Gasteiger partial charge in [-0.25, -0.2) is 0 Å². The van der Waals surface area contributed by atoms with E-state index in [9.17, 15) is 4.79 Å². The second kappa shape index (κ2) is 9.74. The van der Waals surface area contributed by atoms with Gasteiger partial charge in [0.05, 0.1) is 12.3 Å². The summed E-state index contributed by atoms with van der Waals surface area (Å²) >= 11 is 1.33. The standard InChI is InChI=1S/C24H21N5O3S/c30-22(26-14-19-15-31-20-8-4-5-9-21(20)32-19)16-33-24-28-27-23(17-10-12-25-13-11-17)29(24)18-6-2-1-3-7-18/h1-13,19H,14-16H2,(H,26,30). The van der Waals surface area contributed by atoms with E-state index in [1.807, 2.05) is 71.3 Å². The van der Waals surface area contributed by atoms with Crippen molar-refractivity contribution in [2.45, 2.75) is 11.3 Å². The number of nitrogens with zero attached hydrogens (tertiary/aromatic N) is 4. The normalized spacial score (nSPS) is 14.6. The Kier molecular flexibility index (Phi) is 6.21. The minimum Gasteiger partial charge on any atom is -0.486 e. The van der Waals surface area contributed by atoms with Gasteiger partial charge in [-0.15, -0.1) is 10.2 Å². The Bertz CT molecular complexity index is 1230. The van der Waals surface area contributed by atoms with Crippen molar-refractivity contribution in [2.75, 3.05) is 18.9 Å². The number of thioether (sulfide) groups is 1. The van der Waals surface area contributed by atoms with Crippen LogP contribution in [0.2, 0.25) is 0 Å². The average molecular weight is 460 g/mol. The minimum absolute atomic E-state index is 0.115. The largest absolute Gasteiger partial charge is 0.486 e. The van der Waals surface area contributed by atoms with Gasteiger partial charge in [-0.1, -0.05) is 42.1 Å². The van der Waals surface area contributed by atoms with Gasteiger partial charge in [0.25, 0.3) is 0 Å². The highest BCUT2D eigenvalue weighted by Gasteiger charge is 2.22. The Labute approximate surface area is 195 Å². The van der Waals surface area contributed by atoms with E-state index in [0.717, 1.165) is 17.0 Å². The fourth-order valence-electron chi connectivity index (χ4n) is 3.43. The molecule has 0 aliphatic carbocycles. The number of benzene rings is 2. The van der Waals surface area contributed by atoms with E-state index < -0.39 is 0 Å². The molecule has 0 saturated carbocycles. The Morgan fingerprint density at radius 2 is 1.76 bits per heavy atom. The molecule has 3 heterocycles. The van der Waals surface area contributed by atoms with Crippen molar-refractivity contribution in [3.8, 4) is 28.6 Å². The van der Waals surface area contributed by atoms with Gasteiger partial charge in [0.15, 0.2) is 22.5 Å². The summed E-state index contributed by atoms with van der Waals surface area (Å²) in [7, 11) is 0. The van der Waals surface area contributed by atoms with E-state index in [1.54, 1.807) is 12.4 Å². The van der Waals surface area contributed by atoms with E-state index in [2.05, 4.69) is 20.5 Å². The number of hydrogen-bond donors (Lipinski definition) is 1. The molecule has 0 fully saturated rings. The Morgan fingerprint density at radius 3 is 2.58 bits per heavy atom. The third-order valence-electron chi connectivity index (χ3n) is 5.01. The molecule has 2 aromatic heterocycles. The van der Waals surface area contributed by atoms with Gasteiger partial charge >= 0.3 is 0 Å². The predicted molar refractivity (Wildman–Crippen MR) is 125 cm³/mol. The monoisotopic (exact) mass is 459 g/mol. The van der Waals surface area contributed by atoms with Crippen LogP contribution < -0.4 is 14.8 Å². The molecule has 0 bridgehead atoms. The van der Waals surface area contributed by atoms with Crippen LogP contribution in [0, 0.1) is 0 Å². The highest BCUT2D eigenvalue weighted by Crippen LogP contribution is 2.31. The van der Waals surface area contributed by atoms with Gasteiger partial charge in [0.1, 0.15) is 12.7 Å². The Hall–Kier alpha value is -3.85. The van der Waals surface area contributed by atoms with Crippen LogP contribution in [0.1, 0.15) is 0 Å². The fourth-order valence-corrected chi connectivity index (χ4v) is 4.22. The van der Waals surface area contributed by atoms with Crippen molar-refractivity contribution in [2.24, 2.45) is 0 Å². The first kappa shape index (κ1) is 21.0. The van der Waals surface area contributed by atoms with Crippen LogP contribution in [0.3, 0.4) is 0 Å². The van der Waals surface area contributed by atoms with Gasteiger partial charge in [-0.2, -0.15) is 0 Å². The highest BCUT2D eigenvalue weighted by atomic mass is 32.2. The van der Waals surface area contributed by atoms with Crippen molar-refractivity contribution in [3.05, 3.63) is 79.1 Å². The molecule has 9 heteroatoms. The molecule has 2 aromatic carbocycles. The summed E-state index contributed by atoms with van der Waals surface area (Å²) in [5, 5.41) is 12.3. The van der Waals surface area contributed by atoms with E-state index >= 15 is 0 Å². The first-order valence-electron chi connectivity index (χ1n) is 10.5. The zero-order valence-electron chi connectivity index (χ0n) is 17.6. The minimum atomic E-state index is -0.236. The summed E-state index contributed by atoms with van der Waals surface area (Å²) < 4.78 is 13.5. The number of rotatable bonds is 7. The molecule has 166 valence electrons. The van der Waals surface area contributed by atoms with Crippen LogP contribution in [0.15, 0.2) is 84.3 Å². The molecule has 1 N–H and O–H groups in total. The highest BCUT2D eigenvalue weighted by molar-refractivity contribution is 7.99. The third-order valence-corrected chi connectivity index (χ3v) is 5.94.